The average Bonchev–Trinajstić information content (AvgIpc) is 3.42. The summed E-state index contributed by atoms with van der Waals surface area (Å²) in [4.78, 5) is 8.99. The number of aromatic nitrogens is 7. The van der Waals surface area contributed by atoms with Gasteiger partial charge in [-0.05, 0) is 50.2 Å². The third kappa shape index (κ3) is 3.97. The molecule has 0 radical (unpaired) electrons. The first kappa shape index (κ1) is 21.6. The molecule has 0 aliphatic heterocycles. The van der Waals surface area contributed by atoms with Crippen LogP contribution in [0, 0.1) is 6.92 Å². The summed E-state index contributed by atoms with van der Waals surface area (Å²) in [7, 11) is 0. The number of fused-ring (bicyclic) bond motifs is 1. The van der Waals surface area contributed by atoms with Crippen LogP contribution in [0.1, 0.15) is 36.4 Å². The minimum absolute atomic E-state index is 0.322. The molecular weight excluding hydrogens is 442 g/mol. The molecule has 11 heteroatoms. The van der Waals surface area contributed by atoms with Crippen LogP contribution >= 0.6 is 0 Å². The molecule has 0 saturated carbocycles. The normalized spacial score (nSPS) is 12.4. The molecule has 9 nitrogen and oxygen atoms in total. The van der Waals surface area contributed by atoms with Crippen LogP contribution in [0.3, 0.4) is 0 Å². The quantitative estimate of drug-likeness (QED) is 0.384. The van der Waals surface area contributed by atoms with Gasteiger partial charge in [0.15, 0.2) is 11.5 Å². The topological polar surface area (TPSA) is 107 Å². The summed E-state index contributed by atoms with van der Waals surface area (Å²) in [6.45, 7) is 3.31. The van der Waals surface area contributed by atoms with E-state index in [4.69, 9.17) is 0 Å². The van der Waals surface area contributed by atoms with Crippen molar-refractivity contribution in [1.82, 2.24) is 34.5 Å². The van der Waals surface area contributed by atoms with E-state index in [0.717, 1.165) is 0 Å². The highest BCUT2D eigenvalue weighted by Gasteiger charge is 2.19. The van der Waals surface area contributed by atoms with E-state index >= 15 is 0 Å². The van der Waals surface area contributed by atoms with Crippen molar-refractivity contribution in [3.63, 3.8) is 0 Å². The van der Waals surface area contributed by atoms with E-state index in [0.29, 0.717) is 45.3 Å². The zero-order chi connectivity index (χ0) is 23.8. The summed E-state index contributed by atoms with van der Waals surface area (Å²) < 4.78 is 29.6. The van der Waals surface area contributed by atoms with Gasteiger partial charge in [0.1, 0.15) is 17.5 Å². The van der Waals surface area contributed by atoms with E-state index in [1.807, 2.05) is 12.1 Å². The summed E-state index contributed by atoms with van der Waals surface area (Å²) in [5.74, 6) is 0.583. The van der Waals surface area contributed by atoms with E-state index in [2.05, 4.69) is 30.6 Å². The Labute approximate surface area is 192 Å². The molecule has 0 fully saturated rings. The number of alkyl halides is 2. The Bertz CT molecular complexity index is 1460. The number of rotatable bonds is 6. The Morgan fingerprint density at radius 2 is 1.94 bits per heavy atom. The van der Waals surface area contributed by atoms with E-state index in [1.165, 1.54) is 10.7 Å². The minimum Gasteiger partial charge on any atom is -0.389 e. The molecule has 1 aromatic carbocycles. The highest BCUT2D eigenvalue weighted by Crippen LogP contribution is 2.29. The minimum atomic E-state index is -2.69. The average molecular weight is 462 g/mol. The van der Waals surface area contributed by atoms with Crippen LogP contribution in [0.25, 0.3) is 22.5 Å². The fourth-order valence-corrected chi connectivity index (χ4v) is 3.74. The predicted octanol–water partition coefficient (Wildman–Crippen LogP) is 4.44. The molecule has 2 N–H and O–H groups in total. The number of imidazole rings is 1. The number of pyridine rings is 1. The van der Waals surface area contributed by atoms with Gasteiger partial charge >= 0.3 is 0 Å². The van der Waals surface area contributed by atoms with Crippen molar-refractivity contribution in [3.05, 3.63) is 78.1 Å². The van der Waals surface area contributed by atoms with Gasteiger partial charge < -0.3 is 10.4 Å². The number of nitrogens with one attached hydrogen (secondary N) is 1. The molecule has 34 heavy (non-hydrogen) atoms. The predicted molar refractivity (Wildman–Crippen MR) is 122 cm³/mol. The Morgan fingerprint density at radius 3 is 2.65 bits per heavy atom. The monoisotopic (exact) mass is 462 g/mol. The Kier molecular flexibility index (Phi) is 5.46. The van der Waals surface area contributed by atoms with Gasteiger partial charge in [-0.1, -0.05) is 6.07 Å². The lowest BCUT2D eigenvalue weighted by molar-refractivity contribution is 0.145. The molecule has 4 heterocycles. The van der Waals surface area contributed by atoms with Crippen LogP contribution in [-0.2, 0) is 0 Å². The maximum atomic E-state index is 13.2. The number of halogens is 2. The van der Waals surface area contributed by atoms with Crippen LogP contribution in [-0.4, -0.2) is 39.6 Å². The number of nitrogens with zero attached hydrogens (tertiary/aromatic N) is 7. The van der Waals surface area contributed by atoms with Crippen LogP contribution in [0.15, 0.2) is 61.2 Å². The van der Waals surface area contributed by atoms with Crippen LogP contribution in [0.5, 0.6) is 0 Å². The molecule has 5 rings (SSSR count). The van der Waals surface area contributed by atoms with Gasteiger partial charge in [-0.2, -0.15) is 10.2 Å². The summed E-state index contributed by atoms with van der Waals surface area (Å²) in [5.41, 5.74) is 3.91. The standard InChI is InChI=1S/C23H20F2N8O/c1-13-8-18(22(24)25)31-33(13)20-10-16(5-6-17(20)14(2)34)32-12-27-19-9-15(11-26-23(19)32)29-21-4-3-7-28-30-21/h3-12,14,22,34H,1-2H3,(H,29,30). The fraction of sp³-hybridized carbons (Fsp3) is 0.174. The lowest BCUT2D eigenvalue weighted by Crippen LogP contribution is -2.08. The Hall–Kier alpha value is -4.25. The summed E-state index contributed by atoms with van der Waals surface area (Å²) >= 11 is 0. The maximum absolute atomic E-state index is 13.2. The summed E-state index contributed by atoms with van der Waals surface area (Å²) in [6.07, 6.45) is 1.36. The molecule has 4 aromatic heterocycles. The lowest BCUT2D eigenvalue weighted by atomic mass is 10.1. The third-order valence-electron chi connectivity index (χ3n) is 5.33. The number of benzene rings is 1. The summed E-state index contributed by atoms with van der Waals surface area (Å²) in [5, 5.41) is 25.3. The van der Waals surface area contributed by atoms with Gasteiger partial charge in [-0.15, -0.1) is 5.10 Å². The van der Waals surface area contributed by atoms with Gasteiger partial charge in [0.2, 0.25) is 0 Å². The van der Waals surface area contributed by atoms with Gasteiger partial charge in [0.25, 0.3) is 6.43 Å². The largest absolute Gasteiger partial charge is 0.389 e. The van der Waals surface area contributed by atoms with E-state index in [-0.39, 0.29) is 5.69 Å². The zero-order valence-electron chi connectivity index (χ0n) is 18.3. The maximum Gasteiger partial charge on any atom is 0.282 e. The van der Waals surface area contributed by atoms with Crippen molar-refractivity contribution >= 4 is 22.7 Å². The van der Waals surface area contributed by atoms with Crippen molar-refractivity contribution in [1.29, 1.82) is 0 Å². The van der Waals surface area contributed by atoms with E-state index < -0.39 is 12.5 Å². The first-order valence-corrected chi connectivity index (χ1v) is 10.5. The third-order valence-corrected chi connectivity index (χ3v) is 5.33. The molecule has 1 atom stereocenters. The molecule has 0 saturated heterocycles. The first-order chi connectivity index (χ1) is 16.4. The van der Waals surface area contributed by atoms with Crippen molar-refractivity contribution in [3.8, 4) is 11.4 Å². The van der Waals surface area contributed by atoms with Gasteiger partial charge in [-0.3, -0.25) is 4.57 Å². The first-order valence-electron chi connectivity index (χ1n) is 10.5. The zero-order valence-corrected chi connectivity index (χ0v) is 18.3. The number of anilines is 2. The van der Waals surface area contributed by atoms with Crippen LogP contribution in [0.2, 0.25) is 0 Å². The number of hydrogen-bond donors (Lipinski definition) is 2. The molecule has 0 spiro atoms. The highest BCUT2D eigenvalue weighted by atomic mass is 19.3. The second-order valence-electron chi connectivity index (χ2n) is 7.76. The lowest BCUT2D eigenvalue weighted by Gasteiger charge is -2.16. The molecular formula is C23H20F2N8O. The van der Waals surface area contributed by atoms with Crippen LogP contribution in [0.4, 0.5) is 20.3 Å². The van der Waals surface area contributed by atoms with Gasteiger partial charge in [-0.25, -0.2) is 23.4 Å². The molecule has 0 aliphatic rings. The molecule has 5 aromatic rings. The van der Waals surface area contributed by atoms with E-state index in [1.54, 1.807) is 61.4 Å². The molecule has 0 bridgehead atoms. The smallest absolute Gasteiger partial charge is 0.282 e. The van der Waals surface area contributed by atoms with E-state index in [9.17, 15) is 13.9 Å². The molecule has 0 amide bonds. The van der Waals surface area contributed by atoms with Crippen molar-refractivity contribution in [2.75, 3.05) is 5.32 Å². The fourth-order valence-electron chi connectivity index (χ4n) is 3.74. The number of hydrogen-bond acceptors (Lipinski definition) is 7. The Balaban J connectivity index is 1.56. The van der Waals surface area contributed by atoms with Crippen molar-refractivity contribution in [2.24, 2.45) is 0 Å². The molecule has 172 valence electrons. The highest BCUT2D eigenvalue weighted by molar-refractivity contribution is 5.78. The van der Waals surface area contributed by atoms with Crippen molar-refractivity contribution < 1.29 is 13.9 Å². The van der Waals surface area contributed by atoms with Gasteiger partial charge in [0.05, 0.1) is 29.4 Å². The van der Waals surface area contributed by atoms with Gasteiger partial charge in [0, 0.05) is 17.5 Å². The summed E-state index contributed by atoms with van der Waals surface area (Å²) in [6, 6.07) is 12.1. The second kappa shape index (κ2) is 8.60. The number of aliphatic hydroxyl groups is 1. The second-order valence-corrected chi connectivity index (χ2v) is 7.76. The van der Waals surface area contributed by atoms with Crippen LogP contribution < -0.4 is 5.32 Å². The molecule has 1 unspecified atom stereocenters. The Morgan fingerprint density at radius 1 is 1.09 bits per heavy atom. The SMILES string of the molecule is Cc1cc(C(F)F)nn1-c1cc(-n2cnc3cc(Nc4cccnn4)cnc32)ccc1C(C)O. The number of aryl methyl sites for hydroxylation is 1. The number of aliphatic hydroxyl groups excluding tert-OH is 1. The van der Waals surface area contributed by atoms with Crippen molar-refractivity contribution in [2.45, 2.75) is 26.4 Å². The molecule has 0 aliphatic carbocycles.